The largest absolute Gasteiger partial charge is 0.391 e. The first kappa shape index (κ1) is 13.6. The molecule has 2 rings (SSSR count). The van der Waals surface area contributed by atoms with Gasteiger partial charge in [-0.25, -0.2) is 0 Å². The predicted octanol–water partition coefficient (Wildman–Crippen LogP) is 2.22. The quantitative estimate of drug-likeness (QED) is 0.910. The summed E-state index contributed by atoms with van der Waals surface area (Å²) in [5.74, 6) is 0.388. The van der Waals surface area contributed by atoms with Crippen molar-refractivity contribution in [1.82, 2.24) is 4.90 Å². The number of carbonyl (C=O) groups is 1. The van der Waals surface area contributed by atoms with Gasteiger partial charge >= 0.3 is 0 Å². The van der Waals surface area contributed by atoms with Crippen molar-refractivity contribution in [3.63, 3.8) is 0 Å². The summed E-state index contributed by atoms with van der Waals surface area (Å²) in [6.45, 7) is 3.25. The fraction of sp³-hybridized carbons (Fsp3) is 0.500. The van der Waals surface area contributed by atoms with Crippen LogP contribution in [0.2, 0.25) is 0 Å². The normalized spacial score (nSPS) is 24.1. The second-order valence-corrected chi connectivity index (χ2v) is 5.90. The summed E-state index contributed by atoms with van der Waals surface area (Å²) in [6.07, 6.45) is 0.900. The Balaban J connectivity index is 1.96. The van der Waals surface area contributed by atoms with E-state index in [9.17, 15) is 9.90 Å². The van der Waals surface area contributed by atoms with Crippen LogP contribution in [0.15, 0.2) is 28.7 Å². The van der Waals surface area contributed by atoms with Gasteiger partial charge < -0.3 is 10.0 Å². The van der Waals surface area contributed by atoms with Crippen molar-refractivity contribution in [2.75, 3.05) is 13.1 Å². The van der Waals surface area contributed by atoms with E-state index in [1.165, 1.54) is 0 Å². The van der Waals surface area contributed by atoms with Crippen LogP contribution < -0.4 is 0 Å². The van der Waals surface area contributed by atoms with Crippen LogP contribution >= 0.6 is 15.9 Å². The van der Waals surface area contributed by atoms with Gasteiger partial charge in [-0.05, 0) is 30.0 Å². The molecule has 1 aliphatic rings. The molecule has 3 nitrogen and oxygen atoms in total. The Morgan fingerprint density at radius 1 is 1.56 bits per heavy atom. The Kier molecular flexibility index (Phi) is 4.40. The number of hydrogen-bond donors (Lipinski definition) is 1. The number of rotatable bonds is 2. The van der Waals surface area contributed by atoms with Crippen LogP contribution in [0.25, 0.3) is 0 Å². The molecule has 0 radical (unpaired) electrons. The summed E-state index contributed by atoms with van der Waals surface area (Å²) in [5, 5.41) is 9.81. The summed E-state index contributed by atoms with van der Waals surface area (Å²) < 4.78 is 0.986. The topological polar surface area (TPSA) is 40.5 Å². The van der Waals surface area contributed by atoms with Gasteiger partial charge in [0.1, 0.15) is 0 Å². The molecule has 2 atom stereocenters. The number of likely N-dealkylation sites (tertiary alicyclic amines) is 1. The molecule has 0 saturated carbocycles. The maximum absolute atomic E-state index is 12.1. The third-order valence-electron chi connectivity index (χ3n) is 3.52. The van der Waals surface area contributed by atoms with E-state index in [-0.39, 0.29) is 12.0 Å². The molecule has 1 aromatic carbocycles. The first-order valence-corrected chi connectivity index (χ1v) is 7.06. The van der Waals surface area contributed by atoms with Crippen molar-refractivity contribution >= 4 is 21.8 Å². The Labute approximate surface area is 116 Å². The zero-order valence-electron chi connectivity index (χ0n) is 10.5. The number of amides is 1. The molecule has 4 heteroatoms. The van der Waals surface area contributed by atoms with Crippen molar-refractivity contribution < 1.29 is 9.90 Å². The lowest BCUT2D eigenvalue weighted by Gasteiger charge is -2.34. The van der Waals surface area contributed by atoms with E-state index in [1.807, 2.05) is 31.2 Å². The van der Waals surface area contributed by atoms with Crippen LogP contribution in [-0.4, -0.2) is 35.1 Å². The van der Waals surface area contributed by atoms with Gasteiger partial charge in [0, 0.05) is 17.6 Å². The van der Waals surface area contributed by atoms with Gasteiger partial charge in [0.15, 0.2) is 0 Å². The molecule has 18 heavy (non-hydrogen) atoms. The SMILES string of the molecule is CC1CCN(C(=O)Cc2cccc(Br)c2)CC1O. The molecular weight excluding hydrogens is 294 g/mol. The molecule has 0 spiro atoms. The average Bonchev–Trinajstić information content (AvgIpc) is 2.32. The van der Waals surface area contributed by atoms with Crippen LogP contribution in [-0.2, 0) is 11.2 Å². The number of aliphatic hydroxyl groups excluding tert-OH is 1. The minimum atomic E-state index is -0.384. The molecule has 1 saturated heterocycles. The van der Waals surface area contributed by atoms with E-state index in [0.29, 0.717) is 18.9 Å². The minimum absolute atomic E-state index is 0.0963. The van der Waals surface area contributed by atoms with Gasteiger partial charge in [0.25, 0.3) is 0 Å². The molecule has 1 amide bonds. The molecule has 1 heterocycles. The number of carbonyl (C=O) groups excluding carboxylic acids is 1. The number of benzene rings is 1. The van der Waals surface area contributed by atoms with Gasteiger partial charge in [-0.3, -0.25) is 4.79 Å². The van der Waals surface area contributed by atoms with E-state index in [4.69, 9.17) is 0 Å². The molecule has 2 unspecified atom stereocenters. The molecule has 0 bridgehead atoms. The fourth-order valence-corrected chi connectivity index (χ4v) is 2.66. The molecule has 1 aliphatic heterocycles. The van der Waals surface area contributed by atoms with Crippen LogP contribution in [0.5, 0.6) is 0 Å². The highest BCUT2D eigenvalue weighted by Gasteiger charge is 2.27. The van der Waals surface area contributed by atoms with E-state index < -0.39 is 0 Å². The highest BCUT2D eigenvalue weighted by Crippen LogP contribution is 2.18. The third-order valence-corrected chi connectivity index (χ3v) is 4.01. The monoisotopic (exact) mass is 311 g/mol. The molecule has 0 aromatic heterocycles. The standard InChI is InChI=1S/C14H18BrNO2/c1-10-5-6-16(9-13(10)17)14(18)8-11-3-2-4-12(15)7-11/h2-4,7,10,13,17H,5-6,8-9H2,1H3. The average molecular weight is 312 g/mol. The Hall–Kier alpha value is -0.870. The Morgan fingerprint density at radius 2 is 2.33 bits per heavy atom. The van der Waals surface area contributed by atoms with Crippen molar-refractivity contribution in [3.05, 3.63) is 34.3 Å². The first-order chi connectivity index (χ1) is 8.56. The van der Waals surface area contributed by atoms with Crippen molar-refractivity contribution in [2.24, 2.45) is 5.92 Å². The molecule has 1 aromatic rings. The zero-order valence-corrected chi connectivity index (χ0v) is 12.1. The van der Waals surface area contributed by atoms with Gasteiger partial charge in [-0.15, -0.1) is 0 Å². The molecule has 0 aliphatic carbocycles. The first-order valence-electron chi connectivity index (χ1n) is 6.26. The summed E-state index contributed by atoms with van der Waals surface area (Å²) in [7, 11) is 0. The summed E-state index contributed by atoms with van der Waals surface area (Å²) in [5.41, 5.74) is 1.00. The lowest BCUT2D eigenvalue weighted by Crippen LogP contribution is -2.46. The number of β-amino-alcohol motifs (C(OH)–C–C–N with tert-alkyl or cyclic N) is 1. The summed E-state index contributed by atoms with van der Waals surface area (Å²) in [4.78, 5) is 13.9. The van der Waals surface area contributed by atoms with Crippen molar-refractivity contribution in [1.29, 1.82) is 0 Å². The zero-order chi connectivity index (χ0) is 13.1. The predicted molar refractivity (Wildman–Crippen MR) is 74.2 cm³/mol. The van der Waals surface area contributed by atoms with Crippen LogP contribution in [0.3, 0.4) is 0 Å². The minimum Gasteiger partial charge on any atom is -0.391 e. The van der Waals surface area contributed by atoms with E-state index in [2.05, 4.69) is 15.9 Å². The Bertz CT molecular complexity index is 436. The van der Waals surface area contributed by atoms with Crippen LogP contribution in [0, 0.1) is 5.92 Å². The number of aliphatic hydroxyl groups is 1. The molecular formula is C14H18BrNO2. The number of piperidine rings is 1. The van der Waals surface area contributed by atoms with Crippen molar-refractivity contribution in [2.45, 2.75) is 25.9 Å². The molecule has 98 valence electrons. The second-order valence-electron chi connectivity index (χ2n) is 4.98. The number of nitrogens with zero attached hydrogens (tertiary/aromatic N) is 1. The number of hydrogen-bond acceptors (Lipinski definition) is 2. The lowest BCUT2D eigenvalue weighted by atomic mass is 9.95. The van der Waals surface area contributed by atoms with E-state index in [1.54, 1.807) is 4.90 Å². The summed E-state index contributed by atoms with van der Waals surface area (Å²) in [6, 6.07) is 7.78. The maximum Gasteiger partial charge on any atom is 0.227 e. The van der Waals surface area contributed by atoms with Crippen molar-refractivity contribution in [3.8, 4) is 0 Å². The van der Waals surface area contributed by atoms with Crippen LogP contribution in [0.1, 0.15) is 18.9 Å². The Morgan fingerprint density at radius 3 is 3.00 bits per heavy atom. The molecule has 1 fully saturated rings. The highest BCUT2D eigenvalue weighted by atomic mass is 79.9. The van der Waals surface area contributed by atoms with Crippen LogP contribution in [0.4, 0.5) is 0 Å². The van der Waals surface area contributed by atoms with E-state index in [0.717, 1.165) is 23.0 Å². The van der Waals surface area contributed by atoms with Gasteiger partial charge in [0.05, 0.1) is 12.5 Å². The highest BCUT2D eigenvalue weighted by molar-refractivity contribution is 9.10. The maximum atomic E-state index is 12.1. The smallest absolute Gasteiger partial charge is 0.227 e. The van der Waals surface area contributed by atoms with Gasteiger partial charge in [-0.2, -0.15) is 0 Å². The fourth-order valence-electron chi connectivity index (χ4n) is 2.21. The lowest BCUT2D eigenvalue weighted by molar-refractivity contribution is -0.134. The third kappa shape index (κ3) is 3.33. The second kappa shape index (κ2) is 5.85. The van der Waals surface area contributed by atoms with Gasteiger partial charge in [-0.1, -0.05) is 35.0 Å². The van der Waals surface area contributed by atoms with E-state index >= 15 is 0 Å². The number of halogens is 1. The summed E-state index contributed by atoms with van der Waals surface area (Å²) >= 11 is 3.40. The van der Waals surface area contributed by atoms with Gasteiger partial charge in [0.2, 0.25) is 5.91 Å². The molecule has 1 N–H and O–H groups in total.